The summed E-state index contributed by atoms with van der Waals surface area (Å²) in [7, 11) is 3.41. The lowest BCUT2D eigenvalue weighted by atomic mass is 10.0. The third-order valence-corrected chi connectivity index (χ3v) is 2.72. The van der Waals surface area contributed by atoms with Crippen LogP contribution < -0.4 is 10.1 Å². The summed E-state index contributed by atoms with van der Waals surface area (Å²) < 4.78 is 10.6. The molecule has 3 heteroatoms. The van der Waals surface area contributed by atoms with Crippen LogP contribution in [0.2, 0.25) is 0 Å². The summed E-state index contributed by atoms with van der Waals surface area (Å²) in [5.41, 5.74) is 1.19. The Bertz CT molecular complexity index is 315. The van der Waals surface area contributed by atoms with Gasteiger partial charge in [0.25, 0.3) is 0 Å². The van der Waals surface area contributed by atoms with E-state index >= 15 is 0 Å². The molecule has 0 aliphatic heterocycles. The molecular weight excluding hydrogens is 202 g/mol. The van der Waals surface area contributed by atoms with Gasteiger partial charge in [-0.3, -0.25) is 0 Å². The Kier molecular flexibility index (Phi) is 5.29. The zero-order chi connectivity index (χ0) is 12.0. The van der Waals surface area contributed by atoms with Gasteiger partial charge in [-0.15, -0.1) is 0 Å². The number of methoxy groups -OCH3 is 2. The number of benzene rings is 1. The first-order valence-electron chi connectivity index (χ1n) is 5.63. The summed E-state index contributed by atoms with van der Waals surface area (Å²) in [5, 5.41) is 3.42. The Morgan fingerprint density at radius 3 is 2.62 bits per heavy atom. The molecule has 1 aromatic rings. The van der Waals surface area contributed by atoms with Crippen LogP contribution in [0, 0.1) is 0 Å². The van der Waals surface area contributed by atoms with Gasteiger partial charge in [0.15, 0.2) is 0 Å². The van der Waals surface area contributed by atoms with Gasteiger partial charge < -0.3 is 14.8 Å². The molecule has 0 aliphatic rings. The lowest BCUT2D eigenvalue weighted by molar-refractivity contribution is 0.0835. The van der Waals surface area contributed by atoms with Crippen LogP contribution in [0.4, 0.5) is 0 Å². The van der Waals surface area contributed by atoms with Crippen molar-refractivity contribution in [2.45, 2.75) is 26.0 Å². The fraction of sp³-hybridized carbons (Fsp3) is 0.538. The Hall–Kier alpha value is -1.06. The maximum absolute atomic E-state index is 5.39. The van der Waals surface area contributed by atoms with E-state index in [-0.39, 0.29) is 12.1 Å². The molecular formula is C13H21NO2. The average Bonchev–Trinajstić information content (AvgIpc) is 2.35. The molecule has 0 radical (unpaired) electrons. The number of nitrogens with one attached hydrogen (secondary N) is 1. The highest BCUT2D eigenvalue weighted by Gasteiger charge is 2.18. The van der Waals surface area contributed by atoms with E-state index in [0.29, 0.717) is 0 Å². The second-order valence-electron chi connectivity index (χ2n) is 3.75. The molecule has 0 amide bonds. The predicted molar refractivity (Wildman–Crippen MR) is 65.9 cm³/mol. The van der Waals surface area contributed by atoms with Gasteiger partial charge in [0.1, 0.15) is 5.75 Å². The van der Waals surface area contributed by atoms with E-state index in [4.69, 9.17) is 9.47 Å². The highest BCUT2D eigenvalue weighted by Crippen LogP contribution is 2.22. The van der Waals surface area contributed by atoms with Crippen molar-refractivity contribution in [1.82, 2.24) is 5.32 Å². The van der Waals surface area contributed by atoms with Crippen molar-refractivity contribution in [3.8, 4) is 5.75 Å². The molecule has 1 N–H and O–H groups in total. The highest BCUT2D eigenvalue weighted by atomic mass is 16.5. The Morgan fingerprint density at radius 2 is 2.06 bits per heavy atom. The number of ether oxygens (including phenoxy) is 2. The molecule has 3 nitrogen and oxygen atoms in total. The smallest absolute Gasteiger partial charge is 0.119 e. The maximum atomic E-state index is 5.39. The molecule has 0 saturated heterocycles. The van der Waals surface area contributed by atoms with Gasteiger partial charge in [-0.2, -0.15) is 0 Å². The van der Waals surface area contributed by atoms with Crippen molar-refractivity contribution in [1.29, 1.82) is 0 Å². The number of hydrogen-bond acceptors (Lipinski definition) is 3. The van der Waals surface area contributed by atoms with Crippen LogP contribution in [0.25, 0.3) is 0 Å². The van der Waals surface area contributed by atoms with Gasteiger partial charge >= 0.3 is 0 Å². The molecule has 1 aromatic carbocycles. The van der Waals surface area contributed by atoms with Crippen molar-refractivity contribution in [3.63, 3.8) is 0 Å². The van der Waals surface area contributed by atoms with E-state index in [2.05, 4.69) is 25.2 Å². The van der Waals surface area contributed by atoms with Gasteiger partial charge in [0.05, 0.1) is 19.3 Å². The first-order valence-corrected chi connectivity index (χ1v) is 5.63. The Morgan fingerprint density at radius 1 is 1.31 bits per heavy atom. The molecule has 0 fully saturated rings. The number of likely N-dealkylation sites (N-methyl/N-ethyl adjacent to an activating group) is 1. The molecule has 2 unspecified atom stereocenters. The van der Waals surface area contributed by atoms with E-state index < -0.39 is 0 Å². The molecule has 0 spiro atoms. The first-order chi connectivity index (χ1) is 7.72. The summed E-state index contributed by atoms with van der Waals surface area (Å²) in [4.78, 5) is 0. The molecule has 16 heavy (non-hydrogen) atoms. The largest absolute Gasteiger partial charge is 0.497 e. The molecule has 2 atom stereocenters. The van der Waals surface area contributed by atoms with Crippen LogP contribution in [0.3, 0.4) is 0 Å². The van der Waals surface area contributed by atoms with Crippen LogP contribution >= 0.6 is 0 Å². The van der Waals surface area contributed by atoms with Crippen LogP contribution in [-0.4, -0.2) is 26.9 Å². The van der Waals surface area contributed by atoms with Crippen LogP contribution in [0.15, 0.2) is 24.3 Å². The lowest BCUT2D eigenvalue weighted by Gasteiger charge is -2.24. The quantitative estimate of drug-likeness (QED) is 0.803. The minimum atomic E-state index is 0.132. The molecule has 1 rings (SSSR count). The van der Waals surface area contributed by atoms with Crippen molar-refractivity contribution in [3.05, 3.63) is 29.8 Å². The molecule has 0 bridgehead atoms. The van der Waals surface area contributed by atoms with Crippen LogP contribution in [0.1, 0.15) is 25.5 Å². The van der Waals surface area contributed by atoms with Gasteiger partial charge in [0, 0.05) is 7.11 Å². The third kappa shape index (κ3) is 3.22. The van der Waals surface area contributed by atoms with Gasteiger partial charge in [-0.1, -0.05) is 19.1 Å². The normalized spacial score (nSPS) is 14.5. The average molecular weight is 223 g/mol. The molecule has 0 aromatic heterocycles. The standard InChI is InChI=1S/C13H21NO2/c1-5-14-13(10(2)15-3)11-7-6-8-12(9-11)16-4/h6-10,13-14H,5H2,1-4H3. The Labute approximate surface area is 97.8 Å². The van der Waals surface area contributed by atoms with E-state index in [0.717, 1.165) is 12.3 Å². The predicted octanol–water partition coefficient (Wildman–Crippen LogP) is 2.38. The third-order valence-electron chi connectivity index (χ3n) is 2.72. The SMILES string of the molecule is CCNC(c1cccc(OC)c1)C(C)OC. The topological polar surface area (TPSA) is 30.5 Å². The van der Waals surface area contributed by atoms with E-state index in [1.807, 2.05) is 18.2 Å². The van der Waals surface area contributed by atoms with Crippen molar-refractivity contribution >= 4 is 0 Å². The molecule has 0 aliphatic carbocycles. The fourth-order valence-corrected chi connectivity index (χ4v) is 1.75. The Balaban J connectivity index is 2.90. The number of rotatable bonds is 6. The minimum Gasteiger partial charge on any atom is -0.497 e. The maximum Gasteiger partial charge on any atom is 0.119 e. The van der Waals surface area contributed by atoms with Crippen molar-refractivity contribution in [2.24, 2.45) is 0 Å². The van der Waals surface area contributed by atoms with E-state index in [1.54, 1.807) is 14.2 Å². The molecule has 0 heterocycles. The summed E-state index contributed by atoms with van der Waals surface area (Å²) >= 11 is 0. The van der Waals surface area contributed by atoms with Gasteiger partial charge in [-0.25, -0.2) is 0 Å². The van der Waals surface area contributed by atoms with Gasteiger partial charge in [0.2, 0.25) is 0 Å². The van der Waals surface area contributed by atoms with E-state index in [9.17, 15) is 0 Å². The van der Waals surface area contributed by atoms with Crippen LogP contribution in [-0.2, 0) is 4.74 Å². The first kappa shape index (κ1) is 13.0. The highest BCUT2D eigenvalue weighted by molar-refractivity contribution is 5.31. The number of hydrogen-bond donors (Lipinski definition) is 1. The minimum absolute atomic E-state index is 0.132. The second kappa shape index (κ2) is 6.51. The monoisotopic (exact) mass is 223 g/mol. The van der Waals surface area contributed by atoms with Crippen molar-refractivity contribution in [2.75, 3.05) is 20.8 Å². The fourth-order valence-electron chi connectivity index (χ4n) is 1.75. The summed E-state index contributed by atoms with van der Waals surface area (Å²) in [5.74, 6) is 0.878. The van der Waals surface area contributed by atoms with E-state index in [1.165, 1.54) is 5.56 Å². The van der Waals surface area contributed by atoms with Gasteiger partial charge in [-0.05, 0) is 31.2 Å². The summed E-state index contributed by atoms with van der Waals surface area (Å²) in [6.45, 7) is 5.07. The molecule has 0 saturated carbocycles. The summed E-state index contributed by atoms with van der Waals surface area (Å²) in [6, 6.07) is 8.28. The van der Waals surface area contributed by atoms with Crippen LogP contribution in [0.5, 0.6) is 5.75 Å². The lowest BCUT2D eigenvalue weighted by Crippen LogP contribution is -2.31. The second-order valence-corrected chi connectivity index (χ2v) is 3.75. The summed E-state index contributed by atoms with van der Waals surface area (Å²) in [6.07, 6.45) is 0.132. The molecule has 90 valence electrons. The van der Waals surface area contributed by atoms with Crippen molar-refractivity contribution < 1.29 is 9.47 Å². The zero-order valence-corrected chi connectivity index (χ0v) is 10.5. The zero-order valence-electron chi connectivity index (χ0n) is 10.5.